The van der Waals surface area contributed by atoms with Crippen LogP contribution in [0.5, 0.6) is 5.75 Å². The lowest BCUT2D eigenvalue weighted by Crippen LogP contribution is -2.50. The van der Waals surface area contributed by atoms with Gasteiger partial charge in [-0.3, -0.25) is 19.9 Å². The maximum atomic E-state index is 12.9. The average Bonchev–Trinajstić information content (AvgIpc) is 3.10. The van der Waals surface area contributed by atoms with Crippen LogP contribution in [0.3, 0.4) is 0 Å². The fourth-order valence-corrected chi connectivity index (χ4v) is 7.56. The van der Waals surface area contributed by atoms with Crippen molar-refractivity contribution in [3.05, 3.63) is 77.6 Å². The zero-order chi connectivity index (χ0) is 35.4. The van der Waals surface area contributed by atoms with E-state index in [0.717, 1.165) is 43.7 Å². The molecule has 2 aliphatic heterocycles. The van der Waals surface area contributed by atoms with E-state index in [9.17, 15) is 14.2 Å². The number of carbonyl (C=O) groups is 2. The third-order valence-electron chi connectivity index (χ3n) is 8.94. The Hall–Kier alpha value is -4.71. The number of hydrogen-bond acceptors (Lipinski definition) is 11. The van der Waals surface area contributed by atoms with Crippen LogP contribution in [0, 0.1) is 0 Å². The van der Waals surface area contributed by atoms with Crippen molar-refractivity contribution in [1.82, 2.24) is 25.2 Å². The van der Waals surface area contributed by atoms with Gasteiger partial charge in [-0.15, -0.1) is 0 Å². The molecule has 3 amide bonds. The number of pyridine rings is 1. The summed E-state index contributed by atoms with van der Waals surface area (Å²) in [6, 6.07) is 17.3. The van der Waals surface area contributed by atoms with Gasteiger partial charge < -0.3 is 24.8 Å². The van der Waals surface area contributed by atoms with Gasteiger partial charge in [-0.25, -0.2) is 14.8 Å². The molecule has 0 unspecified atom stereocenters. The van der Waals surface area contributed by atoms with Gasteiger partial charge in [-0.05, 0) is 75.2 Å². The molecule has 0 radical (unpaired) electrons. The lowest BCUT2D eigenvalue weighted by Gasteiger charge is -2.38. The van der Waals surface area contributed by atoms with Gasteiger partial charge in [0.05, 0.1) is 24.7 Å². The summed E-state index contributed by atoms with van der Waals surface area (Å²) in [6.07, 6.45) is 5.46. The van der Waals surface area contributed by atoms with Crippen LogP contribution in [0.15, 0.2) is 67.0 Å². The average molecular weight is 718 g/mol. The number of methoxy groups -OCH3 is 1. The smallest absolute Gasteiger partial charge is 0.329 e. The van der Waals surface area contributed by atoms with Crippen LogP contribution >= 0.6 is 18.7 Å². The highest BCUT2D eigenvalue weighted by molar-refractivity contribution is 7.70. The Morgan fingerprint density at radius 1 is 1.02 bits per heavy atom. The molecule has 0 saturated carbocycles. The van der Waals surface area contributed by atoms with Gasteiger partial charge in [0, 0.05) is 61.9 Å². The lowest BCUT2D eigenvalue weighted by molar-refractivity contribution is -0.120. The summed E-state index contributed by atoms with van der Waals surface area (Å²) in [5.41, 5.74) is 3.50. The first-order valence-electron chi connectivity index (χ1n) is 16.4. The maximum Gasteiger partial charge on any atom is 0.329 e. The fraction of sp³-hybridized carbons (Fsp3) is 0.343. The van der Waals surface area contributed by atoms with E-state index in [1.807, 2.05) is 48.5 Å². The molecular formula is C35H41ClN9O4P. The van der Waals surface area contributed by atoms with E-state index in [0.29, 0.717) is 57.6 Å². The SMILES string of the molecule is COc1cc(N2CCC(N(C)Cc3ccnc(N4CCC(=O)NC4=O)c3)CC2)ccc1Nc1ncc(Cl)c(Nc2ccccc2P(C)(C)=O)n1. The Labute approximate surface area is 296 Å². The minimum Gasteiger partial charge on any atom is -0.494 e. The normalized spacial score (nSPS) is 15.6. The van der Waals surface area contributed by atoms with Crippen molar-refractivity contribution in [1.29, 1.82) is 0 Å². The van der Waals surface area contributed by atoms with Crippen molar-refractivity contribution in [3.63, 3.8) is 0 Å². The molecular weight excluding hydrogens is 677 g/mol. The minimum atomic E-state index is -2.54. The van der Waals surface area contributed by atoms with Gasteiger partial charge in [0.2, 0.25) is 11.9 Å². The van der Waals surface area contributed by atoms with E-state index >= 15 is 0 Å². The highest BCUT2D eigenvalue weighted by atomic mass is 35.5. The number of halogens is 1. The highest BCUT2D eigenvalue weighted by Crippen LogP contribution is 2.39. The van der Waals surface area contributed by atoms with E-state index in [-0.39, 0.29) is 12.3 Å². The third kappa shape index (κ3) is 8.18. The first-order chi connectivity index (χ1) is 24.0. The van der Waals surface area contributed by atoms with Crippen LogP contribution in [0.1, 0.15) is 24.8 Å². The third-order valence-corrected chi connectivity index (χ3v) is 10.8. The number of imide groups is 1. The summed E-state index contributed by atoms with van der Waals surface area (Å²) in [7, 11) is 1.21. The first-order valence-corrected chi connectivity index (χ1v) is 19.4. The van der Waals surface area contributed by atoms with E-state index in [2.05, 4.69) is 53.8 Å². The molecule has 2 fully saturated rings. The van der Waals surface area contributed by atoms with Crippen molar-refractivity contribution in [2.24, 2.45) is 0 Å². The summed E-state index contributed by atoms with van der Waals surface area (Å²) < 4.78 is 18.6. The van der Waals surface area contributed by atoms with Crippen LogP contribution in [0.25, 0.3) is 0 Å². The van der Waals surface area contributed by atoms with E-state index in [4.69, 9.17) is 16.3 Å². The van der Waals surface area contributed by atoms with Crippen LogP contribution in [-0.2, 0) is 15.9 Å². The van der Waals surface area contributed by atoms with Crippen LogP contribution in [0.4, 0.5) is 39.4 Å². The topological polar surface area (TPSA) is 145 Å². The molecule has 50 heavy (non-hydrogen) atoms. The second kappa shape index (κ2) is 15.0. The van der Waals surface area contributed by atoms with Gasteiger partial charge in [0.1, 0.15) is 23.7 Å². The van der Waals surface area contributed by atoms with Gasteiger partial charge in [0.15, 0.2) is 5.82 Å². The molecule has 2 aromatic heterocycles. The molecule has 3 N–H and O–H groups in total. The summed E-state index contributed by atoms with van der Waals surface area (Å²) >= 11 is 6.45. The van der Waals surface area contributed by atoms with E-state index in [1.54, 1.807) is 26.6 Å². The zero-order valence-corrected chi connectivity index (χ0v) is 30.2. The molecule has 4 heterocycles. The second-order valence-electron chi connectivity index (χ2n) is 12.8. The van der Waals surface area contributed by atoms with Gasteiger partial charge in [-0.1, -0.05) is 23.7 Å². The van der Waals surface area contributed by atoms with E-state index in [1.165, 1.54) is 11.1 Å². The summed E-state index contributed by atoms with van der Waals surface area (Å²) in [4.78, 5) is 43.4. The molecule has 13 nitrogen and oxygen atoms in total. The Morgan fingerprint density at radius 2 is 1.80 bits per heavy atom. The Morgan fingerprint density at radius 3 is 2.54 bits per heavy atom. The quantitative estimate of drug-likeness (QED) is 0.162. The Balaban J connectivity index is 1.07. The standard InChI is InChI=1S/C35H41ClN9O4P/c1-43(22-23-11-15-37-31(19-23)45-18-14-32(46)41-35(45)47)24-12-16-44(17-13-24)25-9-10-27(29(20-25)49-2)40-34-38-21-26(36)33(42-34)39-28-7-5-6-8-30(28)50(3,4)48/h5-11,15,19-21,24H,12-14,16-18,22H2,1-4H3,(H,41,46,47)(H2,38,39,40,42). The fourth-order valence-electron chi connectivity index (χ4n) is 6.26. The molecule has 0 aliphatic carbocycles. The predicted octanol–water partition coefficient (Wildman–Crippen LogP) is 5.82. The predicted molar refractivity (Wildman–Crippen MR) is 199 cm³/mol. The van der Waals surface area contributed by atoms with Crippen molar-refractivity contribution in [2.75, 3.05) is 67.6 Å². The zero-order valence-electron chi connectivity index (χ0n) is 28.5. The number of para-hydroxylation sites is 1. The number of hydrogen-bond donors (Lipinski definition) is 3. The summed E-state index contributed by atoms with van der Waals surface area (Å²) in [6.45, 7) is 6.26. The maximum absolute atomic E-state index is 12.9. The number of piperidine rings is 1. The number of benzene rings is 2. The van der Waals surface area contributed by atoms with E-state index < -0.39 is 13.2 Å². The van der Waals surface area contributed by atoms with Gasteiger partial charge in [0.25, 0.3) is 0 Å². The monoisotopic (exact) mass is 717 g/mol. The molecule has 2 saturated heterocycles. The van der Waals surface area contributed by atoms with Gasteiger partial charge in [-0.2, -0.15) is 4.98 Å². The molecule has 0 spiro atoms. The van der Waals surface area contributed by atoms with Crippen LogP contribution in [-0.4, -0.2) is 85.0 Å². The minimum absolute atomic E-state index is 0.261. The van der Waals surface area contributed by atoms with Crippen LogP contribution < -0.4 is 35.8 Å². The number of nitrogens with zero attached hydrogens (tertiary/aromatic N) is 6. The molecule has 15 heteroatoms. The second-order valence-corrected chi connectivity index (χ2v) is 16.4. The molecule has 2 aliphatic rings. The first kappa shape index (κ1) is 35.1. The molecule has 0 atom stereocenters. The number of nitrogens with one attached hydrogen (secondary N) is 3. The molecule has 2 aromatic carbocycles. The van der Waals surface area contributed by atoms with Crippen molar-refractivity contribution in [3.8, 4) is 5.75 Å². The van der Waals surface area contributed by atoms with Crippen molar-refractivity contribution in [2.45, 2.75) is 31.8 Å². The van der Waals surface area contributed by atoms with Gasteiger partial charge >= 0.3 is 6.03 Å². The van der Waals surface area contributed by atoms with Crippen molar-refractivity contribution >= 4 is 70.6 Å². The van der Waals surface area contributed by atoms with Crippen LogP contribution in [0.2, 0.25) is 5.02 Å². The number of urea groups is 1. The molecule has 262 valence electrons. The Bertz CT molecular complexity index is 1930. The number of anilines is 6. The molecule has 0 bridgehead atoms. The number of amides is 3. The number of ether oxygens (including phenoxy) is 1. The van der Waals surface area contributed by atoms with Crippen molar-refractivity contribution < 1.29 is 18.9 Å². The summed E-state index contributed by atoms with van der Waals surface area (Å²) in [5, 5.41) is 9.89. The number of rotatable bonds is 11. The largest absolute Gasteiger partial charge is 0.494 e. The Kier molecular flexibility index (Phi) is 10.6. The summed E-state index contributed by atoms with van der Waals surface area (Å²) in [5.74, 6) is 1.66. The molecule has 4 aromatic rings. The molecule has 6 rings (SSSR count). The number of aromatic nitrogens is 3. The number of carbonyl (C=O) groups excluding carboxylic acids is 2. The highest BCUT2D eigenvalue weighted by Gasteiger charge is 2.27. The lowest BCUT2D eigenvalue weighted by atomic mass is 10.0.